The van der Waals surface area contributed by atoms with Crippen molar-refractivity contribution in [2.75, 3.05) is 39.6 Å². The zero-order valence-corrected chi connectivity index (χ0v) is 71.2. The van der Waals surface area contributed by atoms with Crippen LogP contribution in [0.2, 0.25) is 0 Å². The van der Waals surface area contributed by atoms with Crippen LogP contribution in [0.1, 0.15) is 447 Å². The van der Waals surface area contributed by atoms with Gasteiger partial charge in [-0.2, -0.15) is 0 Å². The van der Waals surface area contributed by atoms with Gasteiger partial charge in [0.25, 0.3) is 0 Å². The van der Waals surface area contributed by atoms with Crippen molar-refractivity contribution in [2.45, 2.75) is 465 Å². The number of phosphoric acid groups is 2. The zero-order chi connectivity index (χ0) is 77.4. The highest BCUT2D eigenvalue weighted by Crippen LogP contribution is 2.45. The maximum Gasteiger partial charge on any atom is 0.472 e. The second kappa shape index (κ2) is 74.8. The number of hydrogen-bond acceptors (Lipinski definition) is 15. The average molecular weight is 1540 g/mol. The standard InChI is InChI=1S/C86H168O17P2/c1-76(2)62-54-46-38-32-26-20-14-9-11-17-23-29-35-41-50-58-66-83(88)96-72-81(102-85(90)68-61-53-43-37-31-25-19-13-16-22-28-34-40-48-56-64-78(5)6)74-100-104(92,93)98-70-80(87)71-99-105(94,95)101-75-82(73-97-84(89)67-59-51-45-44-49-57-65-79(7)8)103-86(91)69-60-52-42-36-30-24-18-12-10-15-21-27-33-39-47-55-63-77(3)4/h76-82,87H,9-75H2,1-8H3,(H,92,93)(H,94,95)/t80?,81-,82-/m1/s1. The van der Waals surface area contributed by atoms with Crippen LogP contribution in [-0.2, 0) is 65.4 Å². The van der Waals surface area contributed by atoms with Gasteiger partial charge < -0.3 is 33.8 Å². The van der Waals surface area contributed by atoms with Crippen molar-refractivity contribution >= 4 is 39.5 Å². The molecule has 105 heavy (non-hydrogen) atoms. The van der Waals surface area contributed by atoms with E-state index in [1.54, 1.807) is 0 Å². The van der Waals surface area contributed by atoms with E-state index in [1.165, 1.54) is 244 Å². The van der Waals surface area contributed by atoms with Gasteiger partial charge in [0.1, 0.15) is 19.3 Å². The Kier molecular flexibility index (Phi) is 73.4. The third kappa shape index (κ3) is 79.9. The van der Waals surface area contributed by atoms with E-state index in [0.717, 1.165) is 114 Å². The summed E-state index contributed by atoms with van der Waals surface area (Å²) >= 11 is 0. The van der Waals surface area contributed by atoms with E-state index < -0.39 is 97.5 Å². The summed E-state index contributed by atoms with van der Waals surface area (Å²) in [6.45, 7) is 14.3. The maximum absolute atomic E-state index is 13.1. The number of carbonyl (C=O) groups is 4. The summed E-state index contributed by atoms with van der Waals surface area (Å²) < 4.78 is 68.9. The molecule has 624 valence electrons. The lowest BCUT2D eigenvalue weighted by Crippen LogP contribution is -2.30. The van der Waals surface area contributed by atoms with E-state index in [4.69, 9.17) is 37.0 Å². The third-order valence-corrected chi connectivity index (χ3v) is 22.0. The molecule has 17 nitrogen and oxygen atoms in total. The SMILES string of the molecule is CC(C)CCCCCCCCCCCCCCCCCCC(=O)OC[C@H](COP(=O)(O)OCC(O)COP(=O)(O)OC[C@@H](COC(=O)CCCCCCCCC(C)C)OC(=O)CCCCCCCCCCCCCCCCCCC(C)C)OC(=O)CCCCCCCCCCCCCCCCCC(C)C. The van der Waals surface area contributed by atoms with Crippen molar-refractivity contribution in [1.82, 2.24) is 0 Å². The van der Waals surface area contributed by atoms with E-state index >= 15 is 0 Å². The molecule has 0 aliphatic carbocycles. The fraction of sp³-hybridized carbons (Fsp3) is 0.953. The molecule has 0 aliphatic heterocycles. The fourth-order valence-electron chi connectivity index (χ4n) is 13.3. The Hall–Kier alpha value is -1.94. The van der Waals surface area contributed by atoms with Crippen LogP contribution in [0.3, 0.4) is 0 Å². The van der Waals surface area contributed by atoms with Gasteiger partial charge in [-0.1, -0.05) is 396 Å². The number of aliphatic hydroxyl groups is 1. The molecule has 0 rings (SSSR count). The molecule has 0 aromatic heterocycles. The van der Waals surface area contributed by atoms with Gasteiger partial charge in [-0.3, -0.25) is 37.3 Å². The minimum absolute atomic E-state index is 0.107. The molecular formula is C86H168O17P2. The normalized spacial score (nSPS) is 13.9. The number of hydrogen-bond donors (Lipinski definition) is 3. The number of carbonyl (C=O) groups excluding carboxylic acids is 4. The van der Waals surface area contributed by atoms with Crippen molar-refractivity contribution in [1.29, 1.82) is 0 Å². The molecule has 0 spiro atoms. The van der Waals surface area contributed by atoms with Crippen molar-refractivity contribution in [3.05, 3.63) is 0 Å². The summed E-state index contributed by atoms with van der Waals surface area (Å²) in [4.78, 5) is 73.2. The first-order valence-electron chi connectivity index (χ1n) is 44.2. The minimum Gasteiger partial charge on any atom is -0.462 e. The zero-order valence-electron chi connectivity index (χ0n) is 69.4. The smallest absolute Gasteiger partial charge is 0.462 e. The molecule has 3 N–H and O–H groups in total. The first-order chi connectivity index (χ1) is 50.6. The summed E-state index contributed by atoms with van der Waals surface area (Å²) in [5.41, 5.74) is 0. The molecule has 0 saturated carbocycles. The molecule has 0 aromatic rings. The minimum atomic E-state index is -4.97. The average Bonchev–Trinajstić information content (AvgIpc) is 0.926. The summed E-state index contributed by atoms with van der Waals surface area (Å²) in [5.74, 6) is 0.994. The first kappa shape index (κ1) is 103. The molecule has 0 heterocycles. The maximum atomic E-state index is 13.1. The Morgan fingerprint density at radius 1 is 0.238 bits per heavy atom. The Morgan fingerprint density at radius 2 is 0.400 bits per heavy atom. The van der Waals surface area contributed by atoms with E-state index in [1.807, 2.05) is 0 Å². The predicted octanol–water partition coefficient (Wildman–Crippen LogP) is 25.9. The van der Waals surface area contributed by atoms with Gasteiger partial charge in [0, 0.05) is 25.7 Å². The Morgan fingerprint density at radius 3 is 0.590 bits per heavy atom. The van der Waals surface area contributed by atoms with Gasteiger partial charge in [-0.15, -0.1) is 0 Å². The van der Waals surface area contributed by atoms with E-state index in [2.05, 4.69) is 55.4 Å². The van der Waals surface area contributed by atoms with Crippen molar-refractivity contribution in [2.24, 2.45) is 23.7 Å². The Balaban J connectivity index is 5.21. The topological polar surface area (TPSA) is 237 Å². The van der Waals surface area contributed by atoms with Crippen LogP contribution in [0.25, 0.3) is 0 Å². The first-order valence-corrected chi connectivity index (χ1v) is 47.2. The summed E-state index contributed by atoms with van der Waals surface area (Å²) in [7, 11) is -9.93. The van der Waals surface area contributed by atoms with Crippen molar-refractivity contribution < 1.29 is 80.2 Å². The molecule has 0 amide bonds. The number of aliphatic hydroxyl groups excluding tert-OH is 1. The highest BCUT2D eigenvalue weighted by Gasteiger charge is 2.30. The number of rotatable bonds is 83. The van der Waals surface area contributed by atoms with Gasteiger partial charge in [-0.05, 0) is 49.4 Å². The molecular weight excluding hydrogens is 1370 g/mol. The molecule has 0 radical (unpaired) electrons. The molecule has 0 saturated heterocycles. The van der Waals surface area contributed by atoms with E-state index in [-0.39, 0.29) is 25.7 Å². The fourth-order valence-corrected chi connectivity index (χ4v) is 14.9. The van der Waals surface area contributed by atoms with Crippen LogP contribution < -0.4 is 0 Å². The molecule has 0 aromatic carbocycles. The second-order valence-electron chi connectivity index (χ2n) is 32.8. The summed E-state index contributed by atoms with van der Waals surface area (Å²) in [5, 5.41) is 10.7. The third-order valence-electron chi connectivity index (χ3n) is 20.1. The molecule has 5 atom stereocenters. The number of phosphoric ester groups is 2. The quantitative estimate of drug-likeness (QED) is 0.0222. The van der Waals surface area contributed by atoms with E-state index in [0.29, 0.717) is 31.6 Å². The Labute approximate surface area is 645 Å². The van der Waals surface area contributed by atoms with Gasteiger partial charge in [0.2, 0.25) is 0 Å². The Bertz CT molecular complexity index is 2040. The van der Waals surface area contributed by atoms with Crippen LogP contribution in [0, 0.1) is 23.7 Å². The van der Waals surface area contributed by atoms with Crippen LogP contribution in [0.5, 0.6) is 0 Å². The monoisotopic (exact) mass is 1540 g/mol. The second-order valence-corrected chi connectivity index (χ2v) is 35.7. The highest BCUT2D eigenvalue weighted by molar-refractivity contribution is 7.47. The molecule has 0 fully saturated rings. The molecule has 0 bridgehead atoms. The lowest BCUT2D eigenvalue weighted by atomic mass is 10.0. The van der Waals surface area contributed by atoms with Crippen molar-refractivity contribution in [3.8, 4) is 0 Å². The van der Waals surface area contributed by atoms with Gasteiger partial charge in [0.05, 0.1) is 26.4 Å². The van der Waals surface area contributed by atoms with E-state index in [9.17, 15) is 43.2 Å². The largest absolute Gasteiger partial charge is 0.472 e. The van der Waals surface area contributed by atoms with Gasteiger partial charge in [-0.25, -0.2) is 9.13 Å². The van der Waals surface area contributed by atoms with Crippen LogP contribution in [0.4, 0.5) is 0 Å². The lowest BCUT2D eigenvalue weighted by Gasteiger charge is -2.21. The number of esters is 4. The molecule has 3 unspecified atom stereocenters. The summed E-state index contributed by atoms with van der Waals surface area (Å²) in [6.07, 6.45) is 64.1. The van der Waals surface area contributed by atoms with Crippen molar-refractivity contribution in [3.63, 3.8) is 0 Å². The van der Waals surface area contributed by atoms with Crippen LogP contribution in [-0.4, -0.2) is 96.7 Å². The lowest BCUT2D eigenvalue weighted by molar-refractivity contribution is -0.161. The number of unbranched alkanes of at least 4 members (excludes halogenated alkanes) is 49. The molecule has 19 heteroatoms. The summed E-state index contributed by atoms with van der Waals surface area (Å²) in [6, 6.07) is 0. The van der Waals surface area contributed by atoms with Crippen LogP contribution >= 0.6 is 15.6 Å². The predicted molar refractivity (Wildman–Crippen MR) is 432 cm³/mol. The van der Waals surface area contributed by atoms with Gasteiger partial charge in [0.15, 0.2) is 12.2 Å². The van der Waals surface area contributed by atoms with Gasteiger partial charge >= 0.3 is 39.5 Å². The highest BCUT2D eigenvalue weighted by atomic mass is 31.2. The number of ether oxygens (including phenoxy) is 4. The molecule has 0 aliphatic rings. The van der Waals surface area contributed by atoms with Crippen LogP contribution in [0.15, 0.2) is 0 Å².